The van der Waals surface area contributed by atoms with Gasteiger partial charge in [0.2, 0.25) is 0 Å². The maximum atomic E-state index is 4.49. The number of aliphatic imine (C=N–C) groups is 1. The van der Waals surface area contributed by atoms with Crippen molar-refractivity contribution in [1.82, 2.24) is 0 Å². The van der Waals surface area contributed by atoms with E-state index in [2.05, 4.69) is 43.3 Å². The highest BCUT2D eigenvalue weighted by Crippen LogP contribution is 2.34. The molecule has 1 heterocycles. The summed E-state index contributed by atoms with van der Waals surface area (Å²) < 4.78 is 0. The average Bonchev–Trinajstić information content (AvgIpc) is 2.18. The second kappa shape index (κ2) is 2.99. The highest BCUT2D eigenvalue weighted by Gasteiger charge is 2.24. The van der Waals surface area contributed by atoms with E-state index in [-0.39, 0.29) is 5.41 Å². The van der Waals surface area contributed by atoms with Gasteiger partial charge in [0.25, 0.3) is 0 Å². The molecule has 0 saturated heterocycles. The predicted molar refractivity (Wildman–Crippen MR) is 56.7 cm³/mol. The van der Waals surface area contributed by atoms with E-state index in [0.717, 1.165) is 18.5 Å². The summed E-state index contributed by atoms with van der Waals surface area (Å²) in [6.45, 7) is 4.49. The number of benzene rings is 1. The number of nitrogens with zero attached hydrogens (tertiary/aromatic N) is 1. The summed E-state index contributed by atoms with van der Waals surface area (Å²) in [5.74, 6) is 0. The molecule has 0 spiro atoms. The van der Waals surface area contributed by atoms with Gasteiger partial charge >= 0.3 is 0 Å². The van der Waals surface area contributed by atoms with Crippen LogP contribution < -0.4 is 0 Å². The zero-order chi connectivity index (χ0) is 9.31. The molecule has 0 aromatic heterocycles. The number of rotatable bonds is 1. The van der Waals surface area contributed by atoms with Crippen molar-refractivity contribution >= 4 is 11.9 Å². The Morgan fingerprint density at radius 2 is 2.15 bits per heavy atom. The van der Waals surface area contributed by atoms with Gasteiger partial charge < -0.3 is 0 Å². The van der Waals surface area contributed by atoms with Crippen molar-refractivity contribution in [2.75, 3.05) is 0 Å². The molecule has 1 heteroatoms. The molecule has 13 heavy (non-hydrogen) atoms. The summed E-state index contributed by atoms with van der Waals surface area (Å²) in [4.78, 5) is 4.49. The van der Waals surface area contributed by atoms with Gasteiger partial charge in [0.15, 0.2) is 0 Å². The molecule has 1 aromatic carbocycles. The van der Waals surface area contributed by atoms with Crippen LogP contribution in [-0.4, -0.2) is 6.21 Å². The quantitative estimate of drug-likeness (QED) is 0.617. The zero-order valence-corrected chi connectivity index (χ0v) is 8.25. The van der Waals surface area contributed by atoms with Gasteiger partial charge in [0.05, 0.1) is 5.69 Å². The lowest BCUT2D eigenvalue weighted by molar-refractivity contribution is 0.453. The maximum Gasteiger partial charge on any atom is 0.0658 e. The van der Waals surface area contributed by atoms with Crippen molar-refractivity contribution in [2.24, 2.45) is 10.4 Å². The lowest BCUT2D eigenvalue weighted by Crippen LogP contribution is -2.22. The molecule has 1 aromatic rings. The predicted octanol–water partition coefficient (Wildman–Crippen LogP) is 3.36. The number of fused-ring (bicyclic) bond motifs is 1. The van der Waals surface area contributed by atoms with Gasteiger partial charge in [0, 0.05) is 11.6 Å². The Morgan fingerprint density at radius 3 is 2.92 bits per heavy atom. The SMILES string of the molecule is CCC1(C)C=Nc2ccccc2C1. The van der Waals surface area contributed by atoms with Crippen LogP contribution >= 0.6 is 0 Å². The second-order valence-corrected chi connectivity index (χ2v) is 4.07. The minimum atomic E-state index is 0.272. The summed E-state index contributed by atoms with van der Waals surface area (Å²) >= 11 is 0. The van der Waals surface area contributed by atoms with Crippen molar-refractivity contribution < 1.29 is 0 Å². The van der Waals surface area contributed by atoms with Crippen molar-refractivity contribution in [3.63, 3.8) is 0 Å². The molecule has 0 saturated carbocycles. The Morgan fingerprint density at radius 1 is 1.38 bits per heavy atom. The molecule has 0 radical (unpaired) electrons. The Bertz CT molecular complexity index is 341. The van der Waals surface area contributed by atoms with Gasteiger partial charge in [-0.2, -0.15) is 0 Å². The Kier molecular flexibility index (Phi) is 1.95. The molecule has 2 rings (SSSR count). The van der Waals surface area contributed by atoms with Crippen LogP contribution in [0.3, 0.4) is 0 Å². The third-order valence-corrected chi connectivity index (χ3v) is 2.91. The highest BCUT2D eigenvalue weighted by atomic mass is 14.8. The van der Waals surface area contributed by atoms with Crippen LogP contribution in [0.5, 0.6) is 0 Å². The molecule has 0 bridgehead atoms. The van der Waals surface area contributed by atoms with E-state index in [9.17, 15) is 0 Å². The molecule has 1 aliphatic heterocycles. The summed E-state index contributed by atoms with van der Waals surface area (Å²) in [5.41, 5.74) is 2.80. The van der Waals surface area contributed by atoms with E-state index in [0.29, 0.717) is 0 Å². The first kappa shape index (κ1) is 8.49. The van der Waals surface area contributed by atoms with E-state index in [4.69, 9.17) is 0 Å². The van der Waals surface area contributed by atoms with Crippen LogP contribution in [0.25, 0.3) is 0 Å². The number of para-hydroxylation sites is 1. The van der Waals surface area contributed by atoms with Gasteiger partial charge in [-0.25, -0.2) is 0 Å². The minimum absolute atomic E-state index is 0.272. The van der Waals surface area contributed by atoms with Crippen LogP contribution in [-0.2, 0) is 6.42 Å². The maximum absolute atomic E-state index is 4.49. The van der Waals surface area contributed by atoms with E-state index in [1.54, 1.807) is 0 Å². The smallest absolute Gasteiger partial charge is 0.0658 e. The monoisotopic (exact) mass is 173 g/mol. The van der Waals surface area contributed by atoms with Crippen LogP contribution in [0, 0.1) is 5.41 Å². The van der Waals surface area contributed by atoms with Gasteiger partial charge in [-0.1, -0.05) is 32.0 Å². The highest BCUT2D eigenvalue weighted by molar-refractivity contribution is 5.74. The second-order valence-electron chi connectivity index (χ2n) is 4.07. The van der Waals surface area contributed by atoms with Crippen LogP contribution in [0.15, 0.2) is 29.3 Å². The summed E-state index contributed by atoms with van der Waals surface area (Å²) in [7, 11) is 0. The Hall–Kier alpha value is -1.11. The molecule has 0 N–H and O–H groups in total. The molecule has 0 fully saturated rings. The largest absolute Gasteiger partial charge is 0.260 e. The molecule has 68 valence electrons. The normalized spacial score (nSPS) is 25.7. The molecule has 0 amide bonds. The fourth-order valence-electron chi connectivity index (χ4n) is 1.71. The first-order valence-electron chi connectivity index (χ1n) is 4.87. The van der Waals surface area contributed by atoms with E-state index in [1.165, 1.54) is 5.56 Å². The van der Waals surface area contributed by atoms with E-state index < -0.39 is 0 Å². The molecule has 1 nitrogen and oxygen atoms in total. The van der Waals surface area contributed by atoms with Gasteiger partial charge in [-0.15, -0.1) is 0 Å². The number of hydrogen-bond acceptors (Lipinski definition) is 1. The van der Waals surface area contributed by atoms with Crippen LogP contribution in [0.1, 0.15) is 25.8 Å². The van der Waals surface area contributed by atoms with Crippen molar-refractivity contribution in [3.8, 4) is 0 Å². The summed E-state index contributed by atoms with van der Waals surface area (Å²) in [5, 5.41) is 0. The molecular weight excluding hydrogens is 158 g/mol. The van der Waals surface area contributed by atoms with Crippen LogP contribution in [0.2, 0.25) is 0 Å². The lowest BCUT2D eigenvalue weighted by atomic mass is 9.80. The third-order valence-electron chi connectivity index (χ3n) is 2.91. The standard InChI is InChI=1S/C12H15N/c1-3-12(2)8-10-6-4-5-7-11(10)13-9-12/h4-7,9H,3,8H2,1-2H3. The van der Waals surface area contributed by atoms with Gasteiger partial charge in [0.1, 0.15) is 0 Å². The zero-order valence-electron chi connectivity index (χ0n) is 8.25. The van der Waals surface area contributed by atoms with Crippen LogP contribution in [0.4, 0.5) is 5.69 Å². The van der Waals surface area contributed by atoms with Crippen molar-refractivity contribution in [1.29, 1.82) is 0 Å². The fourth-order valence-corrected chi connectivity index (χ4v) is 1.71. The fraction of sp³-hybridized carbons (Fsp3) is 0.417. The minimum Gasteiger partial charge on any atom is -0.260 e. The first-order chi connectivity index (χ1) is 6.23. The topological polar surface area (TPSA) is 12.4 Å². The third kappa shape index (κ3) is 1.51. The molecule has 1 unspecified atom stereocenters. The number of hydrogen-bond donors (Lipinski definition) is 0. The summed E-state index contributed by atoms with van der Waals surface area (Å²) in [6.07, 6.45) is 4.39. The molecule has 1 atom stereocenters. The molecule has 0 aliphatic carbocycles. The van der Waals surface area contributed by atoms with E-state index in [1.807, 2.05) is 6.07 Å². The van der Waals surface area contributed by atoms with E-state index >= 15 is 0 Å². The Balaban J connectivity index is 2.39. The van der Waals surface area contributed by atoms with Gasteiger partial charge in [-0.3, -0.25) is 4.99 Å². The Labute approximate surface area is 79.5 Å². The molecule has 1 aliphatic rings. The van der Waals surface area contributed by atoms with Crippen molar-refractivity contribution in [3.05, 3.63) is 29.8 Å². The summed E-state index contributed by atoms with van der Waals surface area (Å²) in [6, 6.07) is 8.40. The first-order valence-corrected chi connectivity index (χ1v) is 4.87. The van der Waals surface area contributed by atoms with Crippen molar-refractivity contribution in [2.45, 2.75) is 26.7 Å². The molecular formula is C12H15N. The average molecular weight is 173 g/mol. The van der Waals surface area contributed by atoms with Gasteiger partial charge in [-0.05, 0) is 24.5 Å². The lowest BCUT2D eigenvalue weighted by Gasteiger charge is -2.27.